The molecule has 0 saturated carbocycles. The Labute approximate surface area is 161 Å². The van der Waals surface area contributed by atoms with Crippen molar-refractivity contribution < 1.29 is 39.4 Å². The van der Waals surface area contributed by atoms with E-state index in [1.54, 1.807) is 6.07 Å². The van der Waals surface area contributed by atoms with Gasteiger partial charge in [0.25, 0.3) is 0 Å². The molecule has 1 aliphatic rings. The summed E-state index contributed by atoms with van der Waals surface area (Å²) in [6.07, 6.45) is 0. The van der Waals surface area contributed by atoms with Gasteiger partial charge in [0.15, 0.2) is 0 Å². The van der Waals surface area contributed by atoms with Crippen molar-refractivity contribution in [3.8, 4) is 5.75 Å². The lowest BCUT2D eigenvalue weighted by atomic mass is 10.0. The molecule has 2 aromatic carbocycles. The van der Waals surface area contributed by atoms with E-state index < -0.39 is 62.9 Å². The number of nitrogens with zero attached hydrogens (tertiary/aromatic N) is 1. The maximum Gasteiger partial charge on any atom is 0.316 e. The lowest BCUT2D eigenvalue weighted by molar-refractivity contribution is -0.110. The van der Waals surface area contributed by atoms with Crippen molar-refractivity contribution in [2.24, 2.45) is 0 Å². The number of halogens is 6. The zero-order valence-electron chi connectivity index (χ0n) is 13.9. The Balaban J connectivity index is 2.02. The van der Waals surface area contributed by atoms with Crippen LogP contribution in [0.5, 0.6) is 5.75 Å². The first kappa shape index (κ1) is 20.8. The quantitative estimate of drug-likeness (QED) is 0.312. The predicted octanol–water partition coefficient (Wildman–Crippen LogP) is 3.73. The van der Waals surface area contributed by atoms with Crippen LogP contribution < -0.4 is 4.18 Å². The first-order valence-electron chi connectivity index (χ1n) is 7.60. The van der Waals surface area contributed by atoms with Crippen LogP contribution in [0.3, 0.4) is 0 Å². The van der Waals surface area contributed by atoms with Gasteiger partial charge in [0.05, 0.1) is 12.6 Å². The summed E-state index contributed by atoms with van der Waals surface area (Å²) in [4.78, 5) is 5.16. The summed E-state index contributed by atoms with van der Waals surface area (Å²) in [6, 6.07) is 5.04. The van der Waals surface area contributed by atoms with E-state index in [4.69, 9.17) is 16.4 Å². The SMILES string of the molecule is CN1OC[C@@H](S(=O)(=O)Oc2c(F)c(F)c(F)c(F)c2F)[C@@H]1c1cccc(Cl)c1. The molecule has 0 spiro atoms. The van der Waals surface area contributed by atoms with Crippen molar-refractivity contribution in [2.45, 2.75) is 11.3 Å². The van der Waals surface area contributed by atoms with Gasteiger partial charge in [0.2, 0.25) is 34.8 Å². The second kappa shape index (κ2) is 7.47. The molecule has 0 N–H and O–H groups in total. The highest BCUT2D eigenvalue weighted by atomic mass is 35.5. The number of hydrogen-bond acceptors (Lipinski definition) is 5. The highest BCUT2D eigenvalue weighted by Crippen LogP contribution is 2.37. The van der Waals surface area contributed by atoms with Gasteiger partial charge in [0.1, 0.15) is 5.25 Å². The Morgan fingerprint density at radius 2 is 1.64 bits per heavy atom. The van der Waals surface area contributed by atoms with Crippen LogP contribution in [-0.4, -0.2) is 32.4 Å². The molecule has 0 unspecified atom stereocenters. The second-order valence-corrected chi connectivity index (χ2v) is 8.05. The average Bonchev–Trinajstić information content (AvgIpc) is 3.04. The average molecular weight is 444 g/mol. The molecule has 1 saturated heterocycles. The number of rotatable bonds is 4. The molecule has 28 heavy (non-hydrogen) atoms. The fourth-order valence-corrected chi connectivity index (χ4v) is 4.36. The van der Waals surface area contributed by atoms with E-state index in [0.717, 1.165) is 5.06 Å². The van der Waals surface area contributed by atoms with E-state index in [1.165, 1.54) is 25.2 Å². The van der Waals surface area contributed by atoms with Crippen LogP contribution in [0.15, 0.2) is 24.3 Å². The predicted molar refractivity (Wildman–Crippen MR) is 87.5 cm³/mol. The summed E-state index contributed by atoms with van der Waals surface area (Å²) in [5.74, 6) is -13.8. The van der Waals surface area contributed by atoms with E-state index >= 15 is 0 Å². The van der Waals surface area contributed by atoms with Crippen LogP contribution in [-0.2, 0) is 15.0 Å². The maximum atomic E-state index is 13.8. The van der Waals surface area contributed by atoms with Crippen LogP contribution in [0, 0.1) is 29.1 Å². The molecule has 0 bridgehead atoms. The van der Waals surface area contributed by atoms with Gasteiger partial charge >= 0.3 is 10.1 Å². The Hall–Kier alpha value is -1.95. The summed E-state index contributed by atoms with van der Waals surface area (Å²) in [5.41, 5.74) is 0.377. The molecule has 0 amide bonds. The minimum absolute atomic E-state index is 0.287. The van der Waals surface area contributed by atoms with E-state index in [2.05, 4.69) is 4.18 Å². The number of benzene rings is 2. The van der Waals surface area contributed by atoms with E-state index in [0.29, 0.717) is 5.56 Å². The van der Waals surface area contributed by atoms with Crippen LogP contribution in [0.4, 0.5) is 22.0 Å². The minimum atomic E-state index is -4.89. The van der Waals surface area contributed by atoms with Gasteiger partial charge in [-0.3, -0.25) is 4.84 Å². The molecule has 152 valence electrons. The molecular weight excluding hydrogens is 433 g/mol. The molecular formula is C16H11ClF5NO4S. The molecule has 2 atom stereocenters. The molecule has 0 aromatic heterocycles. The van der Waals surface area contributed by atoms with Crippen molar-refractivity contribution in [2.75, 3.05) is 13.7 Å². The molecule has 3 rings (SSSR count). The Kier molecular flexibility index (Phi) is 5.54. The van der Waals surface area contributed by atoms with Crippen molar-refractivity contribution in [3.63, 3.8) is 0 Å². The Morgan fingerprint density at radius 3 is 2.21 bits per heavy atom. The maximum absolute atomic E-state index is 13.8. The summed E-state index contributed by atoms with van der Waals surface area (Å²) >= 11 is 5.90. The van der Waals surface area contributed by atoms with Gasteiger partial charge in [-0.15, -0.1) is 0 Å². The van der Waals surface area contributed by atoms with Gasteiger partial charge in [-0.1, -0.05) is 23.7 Å². The van der Waals surface area contributed by atoms with Gasteiger partial charge in [-0.25, -0.2) is 13.2 Å². The standard InChI is InChI=1S/C16H11ClF5NO4S/c1-23-15(7-3-2-4-8(17)5-7)9(6-26-23)28(24,25)27-16-13(21)11(19)10(18)12(20)14(16)22/h2-5,9,15H,6H2,1H3/t9-,15+/m1/s1. The fraction of sp³-hybridized carbons (Fsp3) is 0.250. The van der Waals surface area contributed by atoms with Crippen molar-refractivity contribution >= 4 is 21.7 Å². The van der Waals surface area contributed by atoms with Crippen LogP contribution in [0.1, 0.15) is 11.6 Å². The normalized spacial score (nSPS) is 20.5. The molecule has 5 nitrogen and oxygen atoms in total. The van der Waals surface area contributed by atoms with Gasteiger partial charge in [0, 0.05) is 12.1 Å². The highest BCUT2D eigenvalue weighted by molar-refractivity contribution is 7.87. The van der Waals surface area contributed by atoms with Gasteiger partial charge in [-0.2, -0.15) is 22.3 Å². The fourth-order valence-electron chi connectivity index (χ4n) is 2.79. The molecule has 1 fully saturated rings. The Bertz CT molecular complexity index is 1010. The molecule has 12 heteroatoms. The topological polar surface area (TPSA) is 55.8 Å². The zero-order chi connectivity index (χ0) is 20.8. The van der Waals surface area contributed by atoms with Crippen LogP contribution in [0.2, 0.25) is 5.02 Å². The summed E-state index contributed by atoms with van der Waals surface area (Å²) < 4.78 is 96.9. The first-order valence-corrected chi connectivity index (χ1v) is 9.45. The van der Waals surface area contributed by atoms with Crippen LogP contribution >= 0.6 is 11.6 Å². The highest BCUT2D eigenvalue weighted by Gasteiger charge is 2.46. The molecule has 0 radical (unpaired) electrons. The summed E-state index contributed by atoms with van der Waals surface area (Å²) in [7, 11) is -3.49. The minimum Gasteiger partial charge on any atom is -0.376 e. The lowest BCUT2D eigenvalue weighted by Gasteiger charge is -2.23. The van der Waals surface area contributed by atoms with E-state index in [-0.39, 0.29) is 5.02 Å². The number of hydroxylamine groups is 2. The van der Waals surface area contributed by atoms with E-state index in [9.17, 15) is 30.4 Å². The smallest absolute Gasteiger partial charge is 0.316 e. The molecule has 1 heterocycles. The Morgan fingerprint density at radius 1 is 1.07 bits per heavy atom. The van der Waals surface area contributed by atoms with E-state index in [1.807, 2.05) is 0 Å². The van der Waals surface area contributed by atoms with Gasteiger partial charge in [-0.05, 0) is 17.7 Å². The molecule has 1 aliphatic heterocycles. The summed E-state index contributed by atoms with van der Waals surface area (Å²) in [6.45, 7) is -0.481. The third-order valence-electron chi connectivity index (χ3n) is 4.12. The van der Waals surface area contributed by atoms with Crippen molar-refractivity contribution in [1.29, 1.82) is 0 Å². The van der Waals surface area contributed by atoms with Crippen molar-refractivity contribution in [3.05, 3.63) is 63.9 Å². The van der Waals surface area contributed by atoms with Crippen LogP contribution in [0.25, 0.3) is 0 Å². The lowest BCUT2D eigenvalue weighted by Crippen LogP contribution is -2.34. The second-order valence-electron chi connectivity index (χ2n) is 5.86. The van der Waals surface area contributed by atoms with Gasteiger partial charge < -0.3 is 4.18 Å². The molecule has 2 aromatic rings. The monoisotopic (exact) mass is 443 g/mol. The largest absolute Gasteiger partial charge is 0.376 e. The first-order chi connectivity index (χ1) is 13.0. The third-order valence-corrected chi connectivity index (χ3v) is 5.89. The van der Waals surface area contributed by atoms with Crippen molar-refractivity contribution in [1.82, 2.24) is 5.06 Å². The third kappa shape index (κ3) is 3.54. The zero-order valence-corrected chi connectivity index (χ0v) is 15.5. The molecule has 0 aliphatic carbocycles. The number of hydrogen-bond donors (Lipinski definition) is 0. The summed E-state index contributed by atoms with van der Waals surface area (Å²) in [5, 5.41) is -0.0870.